The summed E-state index contributed by atoms with van der Waals surface area (Å²) in [6, 6.07) is 7.47. The van der Waals surface area contributed by atoms with E-state index in [1.165, 1.54) is 7.11 Å². The zero-order valence-corrected chi connectivity index (χ0v) is 14.8. The Morgan fingerprint density at radius 1 is 1.27 bits per heavy atom. The molecule has 0 aliphatic carbocycles. The van der Waals surface area contributed by atoms with E-state index >= 15 is 0 Å². The lowest BCUT2D eigenvalue weighted by atomic mass is 10.0. The van der Waals surface area contributed by atoms with Crippen LogP contribution < -0.4 is 0 Å². The van der Waals surface area contributed by atoms with Crippen LogP contribution in [0.25, 0.3) is 10.9 Å². The van der Waals surface area contributed by atoms with Gasteiger partial charge in [-0.15, -0.1) is 0 Å². The molecule has 26 heavy (non-hydrogen) atoms. The number of carbonyl (C=O) groups is 3. The van der Waals surface area contributed by atoms with Gasteiger partial charge in [-0.05, 0) is 25.0 Å². The fraction of sp³-hybridized carbons (Fsp3) is 0.368. The van der Waals surface area contributed by atoms with Crippen molar-refractivity contribution in [2.45, 2.75) is 26.4 Å². The number of benzene rings is 1. The molecule has 1 aromatic heterocycles. The van der Waals surface area contributed by atoms with Crippen LogP contribution in [-0.4, -0.2) is 47.9 Å². The molecular formula is C19H20N2O5. The maximum Gasteiger partial charge on any atom is 0.340 e. The minimum Gasteiger partial charge on any atom is -0.452 e. The fourth-order valence-electron chi connectivity index (χ4n) is 3.14. The Bertz CT molecular complexity index is 878. The van der Waals surface area contributed by atoms with Crippen LogP contribution in [0.15, 0.2) is 24.3 Å². The number of carbonyl (C=O) groups excluding carboxylic acids is 3. The molecule has 0 N–H and O–H groups in total. The molecule has 7 heteroatoms. The number of ether oxygens (including phenoxy) is 2. The number of esters is 1. The number of pyridine rings is 1. The van der Waals surface area contributed by atoms with Gasteiger partial charge in [0.05, 0.1) is 23.4 Å². The number of methoxy groups -OCH3 is 1. The Morgan fingerprint density at radius 3 is 2.73 bits per heavy atom. The zero-order valence-electron chi connectivity index (χ0n) is 14.8. The van der Waals surface area contributed by atoms with Crippen molar-refractivity contribution < 1.29 is 23.9 Å². The van der Waals surface area contributed by atoms with E-state index in [4.69, 9.17) is 9.47 Å². The maximum absolute atomic E-state index is 12.6. The minimum absolute atomic E-state index is 0.147. The molecule has 1 saturated heterocycles. The van der Waals surface area contributed by atoms with Gasteiger partial charge in [0.25, 0.3) is 5.91 Å². The van der Waals surface area contributed by atoms with Crippen LogP contribution in [-0.2, 0) is 25.7 Å². The van der Waals surface area contributed by atoms with Crippen molar-refractivity contribution in [2.75, 3.05) is 20.3 Å². The van der Waals surface area contributed by atoms with Crippen molar-refractivity contribution in [2.24, 2.45) is 0 Å². The van der Waals surface area contributed by atoms with Gasteiger partial charge in [0.2, 0.25) is 5.91 Å². The van der Waals surface area contributed by atoms with Crippen LogP contribution in [0.1, 0.15) is 34.5 Å². The van der Waals surface area contributed by atoms with Crippen LogP contribution >= 0.6 is 0 Å². The summed E-state index contributed by atoms with van der Waals surface area (Å²) in [4.78, 5) is 41.9. The molecule has 0 radical (unpaired) electrons. The number of imide groups is 1. The van der Waals surface area contributed by atoms with Crippen LogP contribution in [0.4, 0.5) is 0 Å². The smallest absolute Gasteiger partial charge is 0.340 e. The van der Waals surface area contributed by atoms with E-state index in [1.807, 2.05) is 31.2 Å². The quantitative estimate of drug-likeness (QED) is 0.762. The highest BCUT2D eigenvalue weighted by Gasteiger charge is 2.28. The monoisotopic (exact) mass is 356 g/mol. The number of aromatic nitrogens is 1. The van der Waals surface area contributed by atoms with Crippen molar-refractivity contribution >= 4 is 28.7 Å². The molecular weight excluding hydrogens is 336 g/mol. The Hall–Kier alpha value is -2.80. The van der Waals surface area contributed by atoms with Gasteiger partial charge in [-0.25, -0.2) is 9.78 Å². The summed E-state index contributed by atoms with van der Waals surface area (Å²) >= 11 is 0. The van der Waals surface area contributed by atoms with Gasteiger partial charge in [-0.3, -0.25) is 14.5 Å². The van der Waals surface area contributed by atoms with Crippen molar-refractivity contribution in [3.63, 3.8) is 0 Å². The third kappa shape index (κ3) is 3.43. The molecule has 0 spiro atoms. The summed E-state index contributed by atoms with van der Waals surface area (Å²) in [6.45, 7) is 1.87. The predicted molar refractivity (Wildman–Crippen MR) is 93.4 cm³/mol. The van der Waals surface area contributed by atoms with E-state index in [-0.39, 0.29) is 12.5 Å². The first kappa shape index (κ1) is 18.0. The largest absolute Gasteiger partial charge is 0.452 e. The van der Waals surface area contributed by atoms with Gasteiger partial charge < -0.3 is 9.47 Å². The Labute approximate surface area is 150 Å². The van der Waals surface area contributed by atoms with Crippen LogP contribution in [0.5, 0.6) is 0 Å². The van der Waals surface area contributed by atoms with Crippen molar-refractivity contribution in [3.8, 4) is 0 Å². The van der Waals surface area contributed by atoms with Crippen LogP contribution in [0, 0.1) is 6.92 Å². The maximum atomic E-state index is 12.6. The fourth-order valence-corrected chi connectivity index (χ4v) is 3.14. The summed E-state index contributed by atoms with van der Waals surface area (Å²) < 4.78 is 10.3. The molecule has 3 rings (SSSR count). The third-order valence-electron chi connectivity index (χ3n) is 4.41. The van der Waals surface area contributed by atoms with Crippen LogP contribution in [0.2, 0.25) is 0 Å². The molecule has 7 nitrogen and oxygen atoms in total. The Balaban J connectivity index is 1.84. The second-order valence-electron chi connectivity index (χ2n) is 6.13. The topological polar surface area (TPSA) is 85.8 Å². The van der Waals surface area contributed by atoms with E-state index < -0.39 is 18.5 Å². The molecule has 136 valence electrons. The van der Waals surface area contributed by atoms with Gasteiger partial charge in [0, 0.05) is 25.5 Å². The number of amides is 2. The summed E-state index contributed by atoms with van der Waals surface area (Å²) in [5.41, 5.74) is 2.23. The van der Waals surface area contributed by atoms with Crippen molar-refractivity contribution in [3.05, 3.63) is 41.1 Å². The van der Waals surface area contributed by atoms with E-state index in [1.54, 1.807) is 0 Å². The molecule has 1 aliphatic heterocycles. The average molecular weight is 356 g/mol. The van der Waals surface area contributed by atoms with Crippen molar-refractivity contribution in [1.29, 1.82) is 0 Å². The first-order chi connectivity index (χ1) is 12.5. The molecule has 2 amide bonds. The summed E-state index contributed by atoms with van der Waals surface area (Å²) in [5, 5.41) is 0.834. The number of fused-ring (bicyclic) bond motifs is 1. The number of hydrogen-bond acceptors (Lipinski definition) is 6. The third-order valence-corrected chi connectivity index (χ3v) is 4.41. The summed E-state index contributed by atoms with van der Waals surface area (Å²) in [7, 11) is 1.52. The minimum atomic E-state index is -0.646. The van der Waals surface area contributed by atoms with Gasteiger partial charge in [-0.2, -0.15) is 0 Å². The molecule has 1 fully saturated rings. The highest BCUT2D eigenvalue weighted by molar-refractivity contribution is 6.01. The lowest BCUT2D eigenvalue weighted by molar-refractivity contribution is -0.143. The van der Waals surface area contributed by atoms with E-state index in [2.05, 4.69) is 4.98 Å². The average Bonchev–Trinajstić information content (AvgIpc) is 3.06. The van der Waals surface area contributed by atoms with Gasteiger partial charge in [0.15, 0.2) is 6.61 Å². The number of hydrogen-bond donors (Lipinski definition) is 0. The molecule has 2 heterocycles. The first-order valence-corrected chi connectivity index (χ1v) is 8.40. The van der Waals surface area contributed by atoms with E-state index in [9.17, 15) is 14.4 Å². The predicted octanol–water partition coefficient (Wildman–Crippen LogP) is 2.00. The van der Waals surface area contributed by atoms with Gasteiger partial charge in [-0.1, -0.05) is 18.2 Å². The molecule has 2 aromatic rings. The molecule has 0 unspecified atom stereocenters. The molecule has 0 bridgehead atoms. The van der Waals surface area contributed by atoms with Crippen molar-refractivity contribution in [1.82, 2.24) is 9.88 Å². The molecule has 1 aromatic carbocycles. The Morgan fingerprint density at radius 2 is 2.04 bits per heavy atom. The zero-order chi connectivity index (χ0) is 18.7. The lowest BCUT2D eigenvalue weighted by Gasteiger charge is -2.16. The molecule has 1 aliphatic rings. The summed E-state index contributed by atoms with van der Waals surface area (Å²) in [5.74, 6) is -1.37. The number of rotatable bonds is 5. The van der Waals surface area contributed by atoms with Gasteiger partial charge in [0.1, 0.15) is 0 Å². The normalized spacial score (nSPS) is 14.1. The number of likely N-dealkylation sites (tertiary alicyclic amines) is 1. The molecule has 0 saturated carbocycles. The van der Waals surface area contributed by atoms with Crippen LogP contribution in [0.3, 0.4) is 0 Å². The summed E-state index contributed by atoms with van der Waals surface area (Å²) in [6.07, 6.45) is 0.996. The van der Waals surface area contributed by atoms with Gasteiger partial charge >= 0.3 is 5.97 Å². The van der Waals surface area contributed by atoms with E-state index in [0.29, 0.717) is 30.6 Å². The first-order valence-electron chi connectivity index (χ1n) is 8.40. The lowest BCUT2D eigenvalue weighted by Crippen LogP contribution is -2.35. The Kier molecular flexibility index (Phi) is 5.27. The van der Waals surface area contributed by atoms with E-state index in [0.717, 1.165) is 21.4 Å². The molecule has 0 atom stereocenters. The highest BCUT2D eigenvalue weighted by Crippen LogP contribution is 2.24. The SMILES string of the molecule is COCc1nc2ccccc2c(C)c1C(=O)OCC(=O)N1CCCC1=O. The number of para-hydroxylation sites is 1. The standard InChI is InChI=1S/C19H20N2O5/c1-12-13-6-3-4-7-14(13)20-15(10-25-2)18(12)19(24)26-11-17(23)21-9-5-8-16(21)22/h3-4,6-7H,5,8-11H2,1-2H3. The second kappa shape index (κ2) is 7.61. The highest BCUT2D eigenvalue weighted by atomic mass is 16.5. The second-order valence-corrected chi connectivity index (χ2v) is 6.13. The number of nitrogens with zero attached hydrogens (tertiary/aromatic N) is 2. The number of aryl methyl sites for hydroxylation is 1.